The van der Waals surface area contributed by atoms with Gasteiger partial charge in [-0.2, -0.15) is 5.10 Å². The molecular weight excluding hydrogens is 364 g/mol. The largest absolute Gasteiger partial charge is 0.368 e. The third kappa shape index (κ3) is 4.86. The first-order valence-electron chi connectivity index (χ1n) is 9.35. The number of carbonyl (C=O) groups is 1. The molecule has 0 aliphatic carbocycles. The fourth-order valence-corrected chi connectivity index (χ4v) is 3.27. The van der Waals surface area contributed by atoms with Crippen LogP contribution in [0.25, 0.3) is 0 Å². The summed E-state index contributed by atoms with van der Waals surface area (Å²) in [4.78, 5) is 21.1. The van der Waals surface area contributed by atoms with E-state index in [9.17, 15) is 4.79 Å². The van der Waals surface area contributed by atoms with E-state index in [4.69, 9.17) is 11.6 Å². The molecular formula is C19H25ClN6O. The molecule has 1 aromatic carbocycles. The van der Waals surface area contributed by atoms with Crippen molar-refractivity contribution < 1.29 is 4.79 Å². The number of benzene rings is 1. The van der Waals surface area contributed by atoms with E-state index in [1.165, 1.54) is 0 Å². The number of halogens is 1. The number of amides is 1. The Labute approximate surface area is 164 Å². The topological polar surface area (TPSA) is 74.2 Å². The summed E-state index contributed by atoms with van der Waals surface area (Å²) in [6, 6.07) is 7.80. The number of aromatic nitrogens is 3. The summed E-state index contributed by atoms with van der Waals surface area (Å²) < 4.78 is 0. The monoisotopic (exact) mass is 388 g/mol. The summed E-state index contributed by atoms with van der Waals surface area (Å²) >= 11 is 5.94. The molecule has 27 heavy (non-hydrogen) atoms. The van der Waals surface area contributed by atoms with Crippen LogP contribution >= 0.6 is 11.6 Å². The minimum atomic E-state index is 0.0481. The lowest BCUT2D eigenvalue weighted by Crippen LogP contribution is -2.50. The molecule has 1 aliphatic heterocycles. The second-order valence-electron chi connectivity index (χ2n) is 6.43. The van der Waals surface area contributed by atoms with Crippen molar-refractivity contribution in [2.24, 2.45) is 0 Å². The van der Waals surface area contributed by atoms with Crippen LogP contribution in [-0.4, -0.2) is 58.7 Å². The minimum Gasteiger partial charge on any atom is -0.368 e. The number of carbonyl (C=O) groups excluding carboxylic acids is 1. The van der Waals surface area contributed by atoms with Crippen molar-refractivity contribution in [3.8, 4) is 0 Å². The van der Waals surface area contributed by atoms with E-state index in [-0.39, 0.29) is 12.5 Å². The highest BCUT2D eigenvalue weighted by atomic mass is 35.5. The quantitative estimate of drug-likeness (QED) is 0.819. The van der Waals surface area contributed by atoms with Crippen LogP contribution in [0.15, 0.2) is 24.3 Å². The first-order chi connectivity index (χ1) is 13.1. The number of anilines is 2. The first kappa shape index (κ1) is 19.4. The molecule has 1 fully saturated rings. The number of nitrogens with one attached hydrogen (secondary N) is 1. The molecule has 2 heterocycles. The Morgan fingerprint density at radius 1 is 1.04 bits per heavy atom. The Hall–Kier alpha value is -2.41. The van der Waals surface area contributed by atoms with Crippen molar-refractivity contribution in [1.29, 1.82) is 0 Å². The number of hydrogen-bond donors (Lipinski definition) is 1. The van der Waals surface area contributed by atoms with Gasteiger partial charge < -0.3 is 15.1 Å². The number of hydrogen-bond acceptors (Lipinski definition) is 6. The zero-order chi connectivity index (χ0) is 19.2. The van der Waals surface area contributed by atoms with Crippen LogP contribution in [0.4, 0.5) is 11.6 Å². The fraction of sp³-hybridized carbons (Fsp3) is 0.474. The van der Waals surface area contributed by atoms with Crippen molar-refractivity contribution in [3.63, 3.8) is 0 Å². The molecule has 7 nitrogen and oxygen atoms in total. The van der Waals surface area contributed by atoms with Crippen LogP contribution in [0.3, 0.4) is 0 Å². The van der Waals surface area contributed by atoms with Gasteiger partial charge in [0, 0.05) is 36.9 Å². The summed E-state index contributed by atoms with van der Waals surface area (Å²) in [5.74, 6) is 0.462. The molecule has 1 aliphatic rings. The van der Waals surface area contributed by atoms with Gasteiger partial charge in [-0.05, 0) is 37.1 Å². The van der Waals surface area contributed by atoms with E-state index < -0.39 is 0 Å². The second-order valence-corrected chi connectivity index (χ2v) is 6.87. The number of piperazine rings is 1. The summed E-state index contributed by atoms with van der Waals surface area (Å²) in [5, 5.41) is 12.0. The Kier molecular flexibility index (Phi) is 6.45. The molecule has 8 heteroatoms. The van der Waals surface area contributed by atoms with Crippen molar-refractivity contribution in [2.75, 3.05) is 42.9 Å². The smallest absolute Gasteiger partial charge is 0.243 e. The van der Waals surface area contributed by atoms with Gasteiger partial charge in [-0.3, -0.25) is 4.79 Å². The van der Waals surface area contributed by atoms with Gasteiger partial charge in [-0.15, -0.1) is 5.10 Å². The third-order valence-corrected chi connectivity index (χ3v) is 4.98. The minimum absolute atomic E-state index is 0.0481. The third-order valence-electron chi connectivity index (χ3n) is 4.73. The lowest BCUT2D eigenvalue weighted by atomic mass is 10.2. The van der Waals surface area contributed by atoms with Crippen molar-refractivity contribution >= 4 is 29.1 Å². The van der Waals surface area contributed by atoms with Gasteiger partial charge in [-0.25, -0.2) is 4.98 Å². The van der Waals surface area contributed by atoms with Gasteiger partial charge >= 0.3 is 0 Å². The summed E-state index contributed by atoms with van der Waals surface area (Å²) in [6.45, 7) is 7.24. The zero-order valence-electron chi connectivity index (χ0n) is 15.8. The summed E-state index contributed by atoms with van der Waals surface area (Å²) in [6.07, 6.45) is 1.61. The summed E-state index contributed by atoms with van der Waals surface area (Å²) in [5.41, 5.74) is 2.97. The van der Waals surface area contributed by atoms with E-state index in [1.807, 2.05) is 43.0 Å². The molecule has 0 saturated carbocycles. The Balaban J connectivity index is 1.50. The van der Waals surface area contributed by atoms with E-state index >= 15 is 0 Å². The van der Waals surface area contributed by atoms with E-state index in [0.29, 0.717) is 19.0 Å². The normalized spacial score (nSPS) is 14.3. The summed E-state index contributed by atoms with van der Waals surface area (Å²) in [7, 11) is 0. The molecule has 0 radical (unpaired) electrons. The van der Waals surface area contributed by atoms with Crippen LogP contribution in [0.1, 0.15) is 25.2 Å². The highest BCUT2D eigenvalue weighted by Crippen LogP contribution is 2.19. The standard InChI is InChI=1S/C19H25ClN6O/c1-3-16-17(4-2)23-24-19(22-16)21-13-18(27)26-11-9-25(10-12-26)15-7-5-14(20)6-8-15/h5-8H,3-4,9-13H2,1-2H3,(H,21,22,24). The Morgan fingerprint density at radius 3 is 2.33 bits per heavy atom. The molecule has 0 bridgehead atoms. The predicted molar refractivity (Wildman–Crippen MR) is 107 cm³/mol. The molecule has 2 aromatic rings. The van der Waals surface area contributed by atoms with Crippen molar-refractivity contribution in [3.05, 3.63) is 40.7 Å². The van der Waals surface area contributed by atoms with Gasteiger partial charge in [0.15, 0.2) is 0 Å². The van der Waals surface area contributed by atoms with Crippen LogP contribution in [-0.2, 0) is 17.6 Å². The average molecular weight is 389 g/mol. The zero-order valence-corrected chi connectivity index (χ0v) is 16.5. The van der Waals surface area contributed by atoms with Gasteiger partial charge in [0.05, 0.1) is 17.9 Å². The van der Waals surface area contributed by atoms with Crippen molar-refractivity contribution in [1.82, 2.24) is 20.1 Å². The average Bonchev–Trinajstić information content (AvgIpc) is 2.72. The maximum absolute atomic E-state index is 12.5. The van der Waals surface area contributed by atoms with Crippen LogP contribution in [0.5, 0.6) is 0 Å². The highest BCUT2D eigenvalue weighted by Gasteiger charge is 2.21. The molecule has 0 spiro atoms. The maximum Gasteiger partial charge on any atom is 0.243 e. The molecule has 1 amide bonds. The number of aryl methyl sites for hydroxylation is 2. The number of nitrogens with zero attached hydrogens (tertiary/aromatic N) is 5. The van der Waals surface area contributed by atoms with Crippen LogP contribution < -0.4 is 10.2 Å². The van der Waals surface area contributed by atoms with Crippen LogP contribution in [0.2, 0.25) is 5.02 Å². The number of rotatable bonds is 6. The molecule has 0 unspecified atom stereocenters. The van der Waals surface area contributed by atoms with Gasteiger partial charge in [0.1, 0.15) is 0 Å². The molecule has 1 aromatic heterocycles. The fourth-order valence-electron chi connectivity index (χ4n) is 3.15. The maximum atomic E-state index is 12.5. The lowest BCUT2D eigenvalue weighted by molar-refractivity contribution is -0.129. The highest BCUT2D eigenvalue weighted by molar-refractivity contribution is 6.30. The second kappa shape index (κ2) is 8.99. The van der Waals surface area contributed by atoms with Gasteiger partial charge in [-0.1, -0.05) is 25.4 Å². The van der Waals surface area contributed by atoms with Crippen molar-refractivity contribution in [2.45, 2.75) is 26.7 Å². The first-order valence-corrected chi connectivity index (χ1v) is 9.73. The predicted octanol–water partition coefficient (Wildman–Crippen LogP) is 2.41. The molecule has 0 atom stereocenters. The van der Waals surface area contributed by atoms with E-state index in [2.05, 4.69) is 25.4 Å². The van der Waals surface area contributed by atoms with Crippen LogP contribution in [0, 0.1) is 0 Å². The van der Waals surface area contributed by atoms with Gasteiger partial charge in [0.2, 0.25) is 11.9 Å². The van der Waals surface area contributed by atoms with Gasteiger partial charge in [0.25, 0.3) is 0 Å². The van der Waals surface area contributed by atoms with E-state index in [1.54, 1.807) is 0 Å². The Morgan fingerprint density at radius 2 is 1.70 bits per heavy atom. The lowest BCUT2D eigenvalue weighted by Gasteiger charge is -2.36. The van der Waals surface area contributed by atoms with E-state index in [0.717, 1.165) is 48.0 Å². The molecule has 3 rings (SSSR count). The molecule has 1 saturated heterocycles. The molecule has 144 valence electrons. The SMILES string of the molecule is CCc1nnc(NCC(=O)N2CCN(c3ccc(Cl)cc3)CC2)nc1CC. The molecule has 1 N–H and O–H groups in total. The Bertz CT molecular complexity index is 774.